The van der Waals surface area contributed by atoms with Gasteiger partial charge in [0.25, 0.3) is 0 Å². The average Bonchev–Trinajstić information content (AvgIpc) is 2.76. The average molecular weight is 292 g/mol. The summed E-state index contributed by atoms with van der Waals surface area (Å²) in [6, 6.07) is 1.34. The number of piperidine rings is 1. The van der Waals surface area contributed by atoms with Gasteiger partial charge in [0, 0.05) is 11.8 Å². The molecule has 3 rings (SSSR count). The molecule has 1 aliphatic carbocycles. The fourth-order valence-electron chi connectivity index (χ4n) is 2.41. The molecule has 2 amide bonds. The molecule has 1 atom stereocenters. The van der Waals surface area contributed by atoms with Gasteiger partial charge in [-0.25, -0.2) is 0 Å². The Bertz CT molecular complexity index is 585. The summed E-state index contributed by atoms with van der Waals surface area (Å²) in [6.45, 7) is 0. The number of aromatic hydroxyl groups is 1. The highest BCUT2D eigenvalue weighted by atomic mass is 32.1. The van der Waals surface area contributed by atoms with E-state index in [2.05, 4.69) is 10.6 Å². The number of carbonyl (C=O) groups excluding carboxylic acids is 2. The van der Waals surface area contributed by atoms with E-state index in [9.17, 15) is 14.7 Å². The van der Waals surface area contributed by atoms with Gasteiger partial charge in [0.15, 0.2) is 0 Å². The molecule has 2 fully saturated rings. The van der Waals surface area contributed by atoms with Gasteiger partial charge in [-0.05, 0) is 37.3 Å². The molecule has 0 aromatic carbocycles. The Morgan fingerprint density at radius 3 is 2.70 bits per heavy atom. The summed E-state index contributed by atoms with van der Waals surface area (Å²) in [5, 5.41) is 16.8. The van der Waals surface area contributed by atoms with Crippen LogP contribution in [0.1, 0.15) is 37.0 Å². The Morgan fingerprint density at radius 2 is 2.15 bits per heavy atom. The maximum Gasteiger partial charge on any atom is 0.249 e. The highest BCUT2D eigenvalue weighted by molar-refractivity contribution is 7.11. The first-order chi connectivity index (χ1) is 9.63. The number of hydrogen-bond donors (Lipinski definition) is 3. The molecule has 1 aromatic rings. The Hall–Kier alpha value is -1.82. The Kier molecular flexibility index (Phi) is 3.48. The van der Waals surface area contributed by atoms with Crippen molar-refractivity contribution in [1.29, 1.82) is 0 Å². The van der Waals surface area contributed by atoms with E-state index in [0.717, 1.165) is 29.8 Å². The largest absolute Gasteiger partial charge is 0.507 e. The summed E-state index contributed by atoms with van der Waals surface area (Å²) >= 11 is 1.46. The number of amides is 2. The lowest BCUT2D eigenvalue weighted by Gasteiger charge is -2.28. The molecular formula is C14H16N2O3S. The summed E-state index contributed by atoms with van der Waals surface area (Å²) in [5.41, 5.74) is 2.24. The van der Waals surface area contributed by atoms with Crippen LogP contribution in [0.4, 0.5) is 0 Å². The zero-order valence-electron chi connectivity index (χ0n) is 10.9. The minimum Gasteiger partial charge on any atom is -0.507 e. The van der Waals surface area contributed by atoms with E-state index in [4.69, 9.17) is 0 Å². The first-order valence-corrected chi connectivity index (χ1v) is 7.61. The molecular weight excluding hydrogens is 276 g/mol. The van der Waals surface area contributed by atoms with E-state index in [-0.39, 0.29) is 23.6 Å². The summed E-state index contributed by atoms with van der Waals surface area (Å²) in [7, 11) is 0. The lowest BCUT2D eigenvalue weighted by molar-refractivity contribution is -0.134. The van der Waals surface area contributed by atoms with Gasteiger partial charge < -0.3 is 10.4 Å². The highest BCUT2D eigenvalue weighted by Gasteiger charge is 2.29. The van der Waals surface area contributed by atoms with E-state index in [1.54, 1.807) is 11.4 Å². The third-order valence-electron chi connectivity index (χ3n) is 3.70. The van der Waals surface area contributed by atoms with Crippen molar-refractivity contribution in [3.05, 3.63) is 21.9 Å². The van der Waals surface area contributed by atoms with Gasteiger partial charge in [0.1, 0.15) is 11.8 Å². The summed E-state index contributed by atoms with van der Waals surface area (Å²) in [6.07, 6.45) is 4.08. The number of hydrogen-bond acceptors (Lipinski definition) is 5. The number of nitrogens with one attached hydrogen (secondary N) is 2. The van der Waals surface area contributed by atoms with Crippen molar-refractivity contribution in [3.8, 4) is 5.75 Å². The lowest BCUT2D eigenvalue weighted by atomic mass is 9.89. The molecule has 0 spiro atoms. The van der Waals surface area contributed by atoms with Gasteiger partial charge in [-0.2, -0.15) is 0 Å². The predicted molar refractivity (Wildman–Crippen MR) is 76.1 cm³/mol. The van der Waals surface area contributed by atoms with Crippen LogP contribution in [0.3, 0.4) is 0 Å². The number of rotatable bonds is 3. The Labute approximate surface area is 120 Å². The molecule has 1 saturated heterocycles. The van der Waals surface area contributed by atoms with E-state index < -0.39 is 0 Å². The van der Waals surface area contributed by atoms with Crippen molar-refractivity contribution >= 4 is 28.8 Å². The van der Waals surface area contributed by atoms with Crippen LogP contribution >= 0.6 is 11.3 Å². The van der Waals surface area contributed by atoms with Crippen LogP contribution < -0.4 is 10.6 Å². The maximum absolute atomic E-state index is 11.8. The summed E-state index contributed by atoms with van der Waals surface area (Å²) in [5.74, 6) is -0.230. The van der Waals surface area contributed by atoms with Gasteiger partial charge in [0.2, 0.25) is 11.8 Å². The van der Waals surface area contributed by atoms with Crippen molar-refractivity contribution < 1.29 is 14.7 Å². The van der Waals surface area contributed by atoms with Crippen LogP contribution in [0.2, 0.25) is 0 Å². The fraction of sp³-hybridized carbons (Fsp3) is 0.429. The zero-order valence-corrected chi connectivity index (χ0v) is 11.8. The van der Waals surface area contributed by atoms with Crippen LogP contribution in [-0.2, 0) is 9.59 Å². The van der Waals surface area contributed by atoms with Crippen molar-refractivity contribution in [3.63, 3.8) is 0 Å². The molecule has 2 heterocycles. The minimum absolute atomic E-state index is 0.209. The predicted octanol–water partition coefficient (Wildman–Crippen LogP) is 1.74. The first kappa shape index (κ1) is 13.2. The third kappa shape index (κ3) is 2.56. The second kappa shape index (κ2) is 5.28. The second-order valence-electron chi connectivity index (χ2n) is 5.15. The van der Waals surface area contributed by atoms with E-state index >= 15 is 0 Å². The van der Waals surface area contributed by atoms with Crippen molar-refractivity contribution in [1.82, 2.24) is 10.6 Å². The van der Waals surface area contributed by atoms with E-state index in [1.807, 2.05) is 0 Å². The fourth-order valence-corrected chi connectivity index (χ4v) is 3.24. The van der Waals surface area contributed by atoms with Crippen LogP contribution in [0.25, 0.3) is 5.70 Å². The van der Waals surface area contributed by atoms with E-state index in [1.165, 1.54) is 16.9 Å². The summed E-state index contributed by atoms with van der Waals surface area (Å²) in [4.78, 5) is 24.0. The molecule has 0 bridgehead atoms. The Morgan fingerprint density at radius 1 is 1.35 bits per heavy atom. The molecule has 1 aliphatic heterocycles. The molecule has 0 radical (unpaired) electrons. The van der Waals surface area contributed by atoms with Gasteiger partial charge >= 0.3 is 0 Å². The molecule has 3 N–H and O–H groups in total. The SMILES string of the molecule is O=C1CCC(NC(=C2CCC2)c2cc(O)cs2)C(=O)N1. The summed E-state index contributed by atoms with van der Waals surface area (Å²) < 4.78 is 0. The monoisotopic (exact) mass is 292 g/mol. The van der Waals surface area contributed by atoms with Crippen LogP contribution in [-0.4, -0.2) is 23.0 Å². The Balaban J connectivity index is 1.81. The number of carbonyl (C=O) groups is 2. The van der Waals surface area contributed by atoms with Crippen molar-refractivity contribution in [2.45, 2.75) is 38.1 Å². The van der Waals surface area contributed by atoms with Crippen LogP contribution in [0.5, 0.6) is 5.75 Å². The lowest BCUT2D eigenvalue weighted by Crippen LogP contribution is -2.50. The van der Waals surface area contributed by atoms with Gasteiger partial charge in [-0.3, -0.25) is 14.9 Å². The quantitative estimate of drug-likeness (QED) is 0.742. The van der Waals surface area contributed by atoms with Gasteiger partial charge in [-0.1, -0.05) is 0 Å². The standard InChI is InChI=1S/C14H16N2O3S/c17-9-6-11(20-7-9)13(8-2-1-3-8)15-10-4-5-12(18)16-14(10)19/h6-7,10,15,17H,1-5H2,(H,16,18,19). The zero-order chi connectivity index (χ0) is 14.1. The molecule has 1 aromatic heterocycles. The smallest absolute Gasteiger partial charge is 0.249 e. The topological polar surface area (TPSA) is 78.4 Å². The molecule has 2 aliphatic rings. The number of allylic oxidation sites excluding steroid dienone is 1. The third-order valence-corrected chi connectivity index (χ3v) is 4.64. The van der Waals surface area contributed by atoms with Crippen LogP contribution in [0, 0.1) is 0 Å². The molecule has 1 unspecified atom stereocenters. The van der Waals surface area contributed by atoms with Crippen molar-refractivity contribution in [2.24, 2.45) is 0 Å². The van der Waals surface area contributed by atoms with Crippen LogP contribution in [0.15, 0.2) is 17.0 Å². The molecule has 106 valence electrons. The molecule has 6 heteroatoms. The van der Waals surface area contributed by atoms with E-state index in [0.29, 0.717) is 12.8 Å². The van der Waals surface area contributed by atoms with Crippen molar-refractivity contribution in [2.75, 3.05) is 0 Å². The number of thiophene rings is 1. The normalized spacial score (nSPS) is 22.2. The minimum atomic E-state index is -0.375. The highest BCUT2D eigenvalue weighted by Crippen LogP contribution is 2.36. The second-order valence-corrected chi connectivity index (χ2v) is 6.06. The number of imide groups is 1. The van der Waals surface area contributed by atoms with Gasteiger partial charge in [-0.15, -0.1) is 11.3 Å². The van der Waals surface area contributed by atoms with Gasteiger partial charge in [0.05, 0.1) is 10.6 Å². The molecule has 20 heavy (non-hydrogen) atoms. The maximum atomic E-state index is 11.8. The molecule has 1 saturated carbocycles. The first-order valence-electron chi connectivity index (χ1n) is 6.73. The molecule has 5 nitrogen and oxygen atoms in total.